The number of rotatable bonds is 9. The number of imide groups is 1. The Morgan fingerprint density at radius 3 is 2.36 bits per heavy atom. The van der Waals surface area contributed by atoms with Crippen LogP contribution >= 0.6 is 0 Å². The molecule has 5 fully saturated rings. The highest BCUT2D eigenvalue weighted by atomic mass is 28.4. The molecule has 1 heterocycles. The number of ether oxygens (including phenoxy) is 1. The lowest BCUT2D eigenvalue weighted by atomic mass is 9.41. The molecule has 1 aromatic carbocycles. The molecule has 1 aromatic rings. The Morgan fingerprint density at radius 1 is 1.00 bits per heavy atom. The van der Waals surface area contributed by atoms with Crippen molar-refractivity contribution in [1.29, 1.82) is 0 Å². The lowest BCUT2D eigenvalue weighted by Crippen LogP contribution is -2.63. The lowest BCUT2D eigenvalue weighted by Gasteiger charge is -2.66. The summed E-state index contributed by atoms with van der Waals surface area (Å²) in [5, 5.41) is 0. The van der Waals surface area contributed by atoms with Crippen LogP contribution in [-0.4, -0.2) is 44.0 Å². The smallest absolute Gasteiger partial charge is 0.416 e. The van der Waals surface area contributed by atoms with Crippen LogP contribution in [-0.2, 0) is 20.4 Å². The summed E-state index contributed by atoms with van der Waals surface area (Å²) in [6, 6.07) is 9.91. The van der Waals surface area contributed by atoms with Crippen LogP contribution in [0.5, 0.6) is 0 Å². The molecular weight excluding hydrogens is 599 g/mol. The minimum Gasteiger partial charge on any atom is -0.447 e. The van der Waals surface area contributed by atoms with Gasteiger partial charge in [0.1, 0.15) is 6.61 Å². The highest BCUT2D eigenvalue weighted by molar-refractivity contribution is 6.69. The first kappa shape index (κ1) is 35.2. The number of fused-ring (bicyclic) bond motifs is 5. The second-order valence-corrected chi connectivity index (χ2v) is 23.0. The van der Waals surface area contributed by atoms with E-state index in [9.17, 15) is 9.59 Å². The molecule has 0 spiro atoms. The van der Waals surface area contributed by atoms with Crippen molar-refractivity contribution < 1.29 is 18.8 Å². The normalized spacial score (nSPS) is 41.4. The summed E-state index contributed by atoms with van der Waals surface area (Å²) in [6.45, 7) is 22.2. The molecular formula is C41H65NO4Si. The molecule has 0 radical (unpaired) electrons. The number of hydrogen-bond acceptors (Lipinski definition) is 4. The highest BCUT2D eigenvalue weighted by Crippen LogP contribution is 2.70. The van der Waals surface area contributed by atoms with Gasteiger partial charge in [-0.25, -0.2) is 9.69 Å². The van der Waals surface area contributed by atoms with E-state index in [0.29, 0.717) is 47.5 Å². The second kappa shape index (κ2) is 13.2. The maximum Gasteiger partial charge on any atom is 0.416 e. The average Bonchev–Trinajstić information content (AvgIpc) is 3.56. The maximum absolute atomic E-state index is 13.9. The van der Waals surface area contributed by atoms with E-state index in [2.05, 4.69) is 66.4 Å². The fraction of sp³-hybridized carbons (Fsp3) is 0.805. The molecule has 0 unspecified atom stereocenters. The third-order valence-corrected chi connectivity index (χ3v) is 15.5. The van der Waals surface area contributed by atoms with Gasteiger partial charge in [0.25, 0.3) is 0 Å². The zero-order valence-corrected chi connectivity index (χ0v) is 32.1. The number of hydrogen-bond donors (Lipinski definition) is 0. The Balaban J connectivity index is 1.21. The van der Waals surface area contributed by atoms with E-state index in [4.69, 9.17) is 9.16 Å². The number of nitrogens with zero attached hydrogens (tertiary/aromatic N) is 1. The van der Waals surface area contributed by atoms with Gasteiger partial charge in [-0.2, -0.15) is 0 Å². The van der Waals surface area contributed by atoms with Gasteiger partial charge in [0.15, 0.2) is 8.32 Å². The van der Waals surface area contributed by atoms with Crippen LogP contribution in [0.3, 0.4) is 0 Å². The molecule has 6 rings (SSSR count). The molecule has 4 aliphatic carbocycles. The van der Waals surface area contributed by atoms with Gasteiger partial charge in [0.2, 0.25) is 5.91 Å². The van der Waals surface area contributed by atoms with E-state index in [1.165, 1.54) is 56.3 Å². The first-order chi connectivity index (χ1) is 22.2. The summed E-state index contributed by atoms with van der Waals surface area (Å²) in [4.78, 5) is 28.2. The number of carbonyl (C=O) groups excluding carboxylic acids is 2. The summed E-state index contributed by atoms with van der Waals surface area (Å²) in [7, 11) is -1.75. The molecule has 0 aromatic heterocycles. The highest BCUT2D eigenvalue weighted by Gasteiger charge is 2.65. The number of carbonyl (C=O) groups is 2. The van der Waals surface area contributed by atoms with Crippen molar-refractivity contribution in [3.05, 3.63) is 35.9 Å². The molecule has 1 saturated heterocycles. The molecule has 0 N–H and O–H groups in total. The van der Waals surface area contributed by atoms with Gasteiger partial charge >= 0.3 is 6.09 Å². The fourth-order valence-corrected chi connectivity index (χ4v) is 13.7. The van der Waals surface area contributed by atoms with Gasteiger partial charge in [-0.05, 0) is 135 Å². The van der Waals surface area contributed by atoms with Crippen LogP contribution in [0, 0.1) is 64.1 Å². The van der Waals surface area contributed by atoms with Gasteiger partial charge in [-0.1, -0.05) is 84.7 Å². The SMILES string of the molecule is CC[C@H]1[C@@H](O[Si](C)(C)C)[C@@H]2[C@H](CC[C@]3(C)[C@@H]([C@H](C)C[C@H](C)C(=O)N4C(=O)OC[C@@H]4Cc4ccccc4)CC[C@@H]23)[C@@]2(C)CC[C@@H](C)C[C@@H]12. The summed E-state index contributed by atoms with van der Waals surface area (Å²) in [5.74, 6) is 5.13. The van der Waals surface area contributed by atoms with Gasteiger partial charge in [0.05, 0.1) is 12.1 Å². The van der Waals surface area contributed by atoms with E-state index < -0.39 is 14.4 Å². The van der Waals surface area contributed by atoms with Crippen LogP contribution in [0.1, 0.15) is 105 Å². The zero-order valence-electron chi connectivity index (χ0n) is 31.1. The quantitative estimate of drug-likeness (QED) is 0.247. The van der Waals surface area contributed by atoms with Gasteiger partial charge in [0, 0.05) is 5.92 Å². The van der Waals surface area contributed by atoms with E-state index >= 15 is 0 Å². The number of amides is 2. The lowest BCUT2D eigenvalue weighted by molar-refractivity contribution is -0.193. The predicted octanol–water partition coefficient (Wildman–Crippen LogP) is 10.00. The van der Waals surface area contributed by atoms with Gasteiger partial charge < -0.3 is 9.16 Å². The van der Waals surface area contributed by atoms with Crippen LogP contribution in [0.4, 0.5) is 4.79 Å². The van der Waals surface area contributed by atoms with E-state index in [1.807, 2.05) is 25.1 Å². The van der Waals surface area contributed by atoms with E-state index in [-0.39, 0.29) is 29.9 Å². The summed E-state index contributed by atoms with van der Waals surface area (Å²) < 4.78 is 12.8. The van der Waals surface area contributed by atoms with Crippen molar-refractivity contribution in [2.75, 3.05) is 6.61 Å². The molecule has 262 valence electrons. The molecule has 47 heavy (non-hydrogen) atoms. The van der Waals surface area contributed by atoms with Crippen molar-refractivity contribution in [2.24, 2.45) is 64.1 Å². The first-order valence-corrected chi connectivity index (χ1v) is 22.8. The number of cyclic esters (lactones) is 1. The van der Waals surface area contributed by atoms with Crippen LogP contribution in [0.15, 0.2) is 30.3 Å². The van der Waals surface area contributed by atoms with Crippen molar-refractivity contribution >= 4 is 20.3 Å². The summed E-state index contributed by atoms with van der Waals surface area (Å²) >= 11 is 0. The van der Waals surface area contributed by atoms with Gasteiger partial charge in [-0.15, -0.1) is 0 Å². The second-order valence-electron chi connectivity index (χ2n) is 18.5. The molecule has 0 bridgehead atoms. The van der Waals surface area contributed by atoms with Crippen molar-refractivity contribution in [1.82, 2.24) is 4.90 Å². The monoisotopic (exact) mass is 663 g/mol. The Kier molecular flexibility index (Phi) is 9.90. The van der Waals surface area contributed by atoms with E-state index in [0.717, 1.165) is 29.7 Å². The largest absolute Gasteiger partial charge is 0.447 e. The fourth-order valence-electron chi connectivity index (χ4n) is 12.5. The molecule has 5 aliphatic rings. The van der Waals surface area contributed by atoms with Crippen LogP contribution in [0.25, 0.3) is 0 Å². The predicted molar refractivity (Wildman–Crippen MR) is 192 cm³/mol. The third-order valence-electron chi connectivity index (χ3n) is 14.6. The molecule has 13 atom stereocenters. The molecule has 2 amide bonds. The molecule has 1 aliphatic heterocycles. The number of benzene rings is 1. The van der Waals surface area contributed by atoms with Crippen molar-refractivity contribution in [2.45, 2.75) is 138 Å². The van der Waals surface area contributed by atoms with Gasteiger partial charge in [-0.3, -0.25) is 4.79 Å². The molecule has 6 heteroatoms. The van der Waals surface area contributed by atoms with E-state index in [1.54, 1.807) is 0 Å². The summed E-state index contributed by atoms with van der Waals surface area (Å²) in [5.41, 5.74) is 1.84. The topological polar surface area (TPSA) is 55.8 Å². The molecule has 4 saturated carbocycles. The zero-order chi connectivity index (χ0) is 33.9. The Labute approximate surface area is 287 Å². The van der Waals surface area contributed by atoms with Crippen molar-refractivity contribution in [3.63, 3.8) is 0 Å². The Bertz CT molecular complexity index is 1280. The van der Waals surface area contributed by atoms with Crippen LogP contribution < -0.4 is 0 Å². The van der Waals surface area contributed by atoms with Crippen molar-refractivity contribution in [3.8, 4) is 0 Å². The van der Waals surface area contributed by atoms with Crippen LogP contribution in [0.2, 0.25) is 19.6 Å². The first-order valence-electron chi connectivity index (χ1n) is 19.4. The molecule has 5 nitrogen and oxygen atoms in total. The average molecular weight is 664 g/mol. The maximum atomic E-state index is 13.9. The minimum absolute atomic E-state index is 0.0594. The minimum atomic E-state index is -1.75. The standard InChI is InChI=1S/C41H65NO4Si/c1-10-31-35-22-26(2)18-20-41(35,6)34-19-21-40(5)32(16-17-33(40)36(34)37(31)46-47(7,8)9)27(3)23-28(4)38(43)42-30(25-45-39(42)44)24-29-14-12-11-13-15-29/h11-15,26-28,30-37H,10,16-25H2,1-9H3/t26-,27-,28+,30+,31-,32-,33+,34+,35+,36+,37-,40-,41-/m1/s1. The summed E-state index contributed by atoms with van der Waals surface area (Å²) in [6.07, 6.45) is 12.0. The third kappa shape index (κ3) is 6.41. The Morgan fingerprint density at radius 2 is 1.68 bits per heavy atom. The Hall–Kier alpha value is -1.66.